The Labute approximate surface area is 203 Å². The van der Waals surface area contributed by atoms with Crippen molar-refractivity contribution in [3.63, 3.8) is 0 Å². The third kappa shape index (κ3) is 5.71. The molecule has 2 heterocycles. The van der Waals surface area contributed by atoms with Crippen LogP contribution in [-0.2, 0) is 9.59 Å². The highest BCUT2D eigenvalue weighted by Crippen LogP contribution is 2.34. The summed E-state index contributed by atoms with van der Waals surface area (Å²) in [6.45, 7) is 3.94. The zero-order valence-electron chi connectivity index (χ0n) is 19.4. The first kappa shape index (κ1) is 24.1. The minimum Gasteiger partial charge on any atom is -0.351 e. The van der Waals surface area contributed by atoms with Gasteiger partial charge in [-0.3, -0.25) is 14.4 Å². The third-order valence-corrected chi connectivity index (χ3v) is 7.00. The SMILES string of the molecule is CC1(C)CC[C@@H](C[C@@H](C#N)NC(=O)[C@@H](CC2CC2)NC(=O)c2cc3cccc(Cl)c3[nH]2)C(=O)N1. The molecule has 0 radical (unpaired) electrons. The molecular formula is C25H30ClN5O3. The number of para-hydroxylation sites is 1. The van der Waals surface area contributed by atoms with Crippen molar-refractivity contribution in [2.45, 2.75) is 70.0 Å². The first-order valence-corrected chi connectivity index (χ1v) is 12.1. The molecule has 3 atom stereocenters. The van der Waals surface area contributed by atoms with Crippen LogP contribution in [-0.4, -0.2) is 40.3 Å². The Hall–Kier alpha value is -3.05. The van der Waals surface area contributed by atoms with E-state index >= 15 is 0 Å². The predicted molar refractivity (Wildman–Crippen MR) is 129 cm³/mol. The smallest absolute Gasteiger partial charge is 0.268 e. The van der Waals surface area contributed by atoms with Crippen LogP contribution in [0.5, 0.6) is 0 Å². The number of hydrogen-bond acceptors (Lipinski definition) is 4. The van der Waals surface area contributed by atoms with Gasteiger partial charge in [0.25, 0.3) is 5.91 Å². The monoisotopic (exact) mass is 483 g/mol. The Balaban J connectivity index is 1.41. The maximum Gasteiger partial charge on any atom is 0.268 e. The summed E-state index contributed by atoms with van der Waals surface area (Å²) in [6, 6.07) is 7.62. The van der Waals surface area contributed by atoms with Gasteiger partial charge in [0.05, 0.1) is 16.6 Å². The summed E-state index contributed by atoms with van der Waals surface area (Å²) in [5.74, 6) is -0.857. The van der Waals surface area contributed by atoms with Crippen molar-refractivity contribution in [3.8, 4) is 6.07 Å². The van der Waals surface area contributed by atoms with Crippen molar-refractivity contribution >= 4 is 40.2 Å². The number of nitrogens with one attached hydrogen (secondary N) is 4. The number of hydrogen-bond donors (Lipinski definition) is 4. The number of nitriles is 1. The van der Waals surface area contributed by atoms with E-state index in [1.165, 1.54) is 0 Å². The molecule has 1 aliphatic carbocycles. The van der Waals surface area contributed by atoms with Gasteiger partial charge < -0.3 is 20.9 Å². The highest BCUT2D eigenvalue weighted by Gasteiger charge is 2.36. The molecule has 0 spiro atoms. The fraction of sp³-hybridized carbons (Fsp3) is 0.520. The molecule has 1 aromatic heterocycles. The second-order valence-corrected chi connectivity index (χ2v) is 10.5. The molecule has 0 bridgehead atoms. The van der Waals surface area contributed by atoms with E-state index in [-0.39, 0.29) is 23.8 Å². The van der Waals surface area contributed by atoms with Gasteiger partial charge in [0.1, 0.15) is 17.8 Å². The van der Waals surface area contributed by atoms with E-state index < -0.39 is 23.9 Å². The van der Waals surface area contributed by atoms with Crippen molar-refractivity contribution in [1.82, 2.24) is 20.9 Å². The first-order chi connectivity index (χ1) is 16.1. The van der Waals surface area contributed by atoms with Crippen LogP contribution in [0.4, 0.5) is 0 Å². The fourth-order valence-corrected chi connectivity index (χ4v) is 4.71. The zero-order chi connectivity index (χ0) is 24.5. The standard InChI is InChI=1S/C25H30ClN5O3/c1-25(2)9-8-16(22(32)31-25)11-17(13-27)28-23(33)19(10-14-6-7-14)30-24(34)20-12-15-4-3-5-18(26)21(15)29-20/h3-5,12,14,16-17,19,29H,6-11H2,1-2H3,(H,28,33)(H,30,34)(H,31,32)/t16-,17-,19+/m0/s1. The highest BCUT2D eigenvalue weighted by molar-refractivity contribution is 6.35. The number of aromatic nitrogens is 1. The van der Waals surface area contributed by atoms with Gasteiger partial charge in [-0.05, 0) is 57.6 Å². The van der Waals surface area contributed by atoms with Crippen LogP contribution in [0.15, 0.2) is 24.3 Å². The average molecular weight is 484 g/mol. The van der Waals surface area contributed by atoms with Gasteiger partial charge in [-0.2, -0.15) is 5.26 Å². The van der Waals surface area contributed by atoms with E-state index in [0.29, 0.717) is 35.0 Å². The fourth-order valence-electron chi connectivity index (χ4n) is 4.49. The zero-order valence-corrected chi connectivity index (χ0v) is 20.2. The van der Waals surface area contributed by atoms with Crippen molar-refractivity contribution in [1.29, 1.82) is 5.26 Å². The molecule has 2 aromatic rings. The van der Waals surface area contributed by atoms with E-state index in [2.05, 4.69) is 27.0 Å². The molecule has 4 rings (SSSR count). The summed E-state index contributed by atoms with van der Waals surface area (Å²) >= 11 is 6.20. The largest absolute Gasteiger partial charge is 0.351 e. The Kier molecular flexibility index (Phi) is 6.85. The van der Waals surface area contributed by atoms with Crippen LogP contribution >= 0.6 is 11.6 Å². The molecule has 180 valence electrons. The Morgan fingerprint density at radius 2 is 2.00 bits per heavy atom. The minimum absolute atomic E-state index is 0.0916. The van der Waals surface area contributed by atoms with Crippen LogP contribution < -0.4 is 16.0 Å². The molecule has 34 heavy (non-hydrogen) atoms. The first-order valence-electron chi connectivity index (χ1n) is 11.8. The Morgan fingerprint density at radius 1 is 1.24 bits per heavy atom. The van der Waals surface area contributed by atoms with Crippen LogP contribution in [0.25, 0.3) is 10.9 Å². The van der Waals surface area contributed by atoms with Gasteiger partial charge in [0, 0.05) is 16.8 Å². The summed E-state index contributed by atoms with van der Waals surface area (Å²) in [6.07, 6.45) is 4.26. The second kappa shape index (κ2) is 9.67. The lowest BCUT2D eigenvalue weighted by molar-refractivity contribution is -0.130. The summed E-state index contributed by atoms with van der Waals surface area (Å²) in [5, 5.41) is 19.5. The highest BCUT2D eigenvalue weighted by atomic mass is 35.5. The molecule has 4 N–H and O–H groups in total. The lowest BCUT2D eigenvalue weighted by Gasteiger charge is -2.35. The molecular weight excluding hydrogens is 454 g/mol. The van der Waals surface area contributed by atoms with Gasteiger partial charge >= 0.3 is 0 Å². The Morgan fingerprint density at radius 3 is 2.65 bits per heavy atom. The summed E-state index contributed by atoms with van der Waals surface area (Å²) < 4.78 is 0. The summed E-state index contributed by atoms with van der Waals surface area (Å²) in [7, 11) is 0. The molecule has 3 amide bonds. The molecule has 1 saturated heterocycles. The number of halogens is 1. The van der Waals surface area contributed by atoms with Crippen molar-refractivity contribution < 1.29 is 14.4 Å². The molecule has 1 saturated carbocycles. The lowest BCUT2D eigenvalue weighted by Crippen LogP contribution is -2.53. The molecule has 8 nitrogen and oxygen atoms in total. The van der Waals surface area contributed by atoms with Crippen LogP contribution in [0.3, 0.4) is 0 Å². The van der Waals surface area contributed by atoms with Gasteiger partial charge in [0.2, 0.25) is 11.8 Å². The topological polar surface area (TPSA) is 127 Å². The quantitative estimate of drug-likeness (QED) is 0.458. The maximum atomic E-state index is 13.1. The summed E-state index contributed by atoms with van der Waals surface area (Å²) in [5.41, 5.74) is 0.719. The van der Waals surface area contributed by atoms with Gasteiger partial charge in [-0.1, -0.05) is 36.6 Å². The minimum atomic E-state index is -0.810. The van der Waals surface area contributed by atoms with Crippen LogP contribution in [0, 0.1) is 23.2 Å². The number of aromatic amines is 1. The van der Waals surface area contributed by atoms with Gasteiger partial charge in [-0.25, -0.2) is 0 Å². The number of nitrogens with zero attached hydrogens (tertiary/aromatic N) is 1. The van der Waals surface area contributed by atoms with Crippen molar-refractivity contribution in [2.24, 2.45) is 11.8 Å². The van der Waals surface area contributed by atoms with Crippen LogP contribution in [0.1, 0.15) is 62.9 Å². The molecule has 2 aliphatic rings. The van der Waals surface area contributed by atoms with Gasteiger partial charge in [-0.15, -0.1) is 0 Å². The summed E-state index contributed by atoms with van der Waals surface area (Å²) in [4.78, 5) is 41.5. The molecule has 1 aromatic carbocycles. The molecule has 1 aliphatic heterocycles. The number of carbonyl (C=O) groups excluding carboxylic acids is 3. The number of amides is 3. The lowest BCUT2D eigenvalue weighted by atomic mass is 9.83. The van der Waals surface area contributed by atoms with E-state index in [1.54, 1.807) is 18.2 Å². The molecule has 2 fully saturated rings. The number of H-pyrrole nitrogens is 1. The molecule has 9 heteroatoms. The normalized spacial score (nSPS) is 21.2. The number of carbonyl (C=O) groups is 3. The Bertz CT molecular complexity index is 1150. The van der Waals surface area contributed by atoms with E-state index in [9.17, 15) is 19.6 Å². The van der Waals surface area contributed by atoms with E-state index in [4.69, 9.17) is 11.6 Å². The predicted octanol–water partition coefficient (Wildman–Crippen LogP) is 3.42. The number of fused-ring (bicyclic) bond motifs is 1. The van der Waals surface area contributed by atoms with Crippen LogP contribution in [0.2, 0.25) is 5.02 Å². The van der Waals surface area contributed by atoms with E-state index in [0.717, 1.165) is 24.6 Å². The van der Waals surface area contributed by atoms with Crippen molar-refractivity contribution in [2.75, 3.05) is 0 Å². The second-order valence-electron chi connectivity index (χ2n) is 10.1. The number of piperidine rings is 1. The average Bonchev–Trinajstić information content (AvgIpc) is 3.48. The number of benzene rings is 1. The van der Waals surface area contributed by atoms with Crippen molar-refractivity contribution in [3.05, 3.63) is 35.0 Å². The van der Waals surface area contributed by atoms with Gasteiger partial charge in [0.15, 0.2) is 0 Å². The molecule has 0 unspecified atom stereocenters. The maximum absolute atomic E-state index is 13.1. The third-order valence-electron chi connectivity index (χ3n) is 6.68. The number of rotatable bonds is 8. The van der Waals surface area contributed by atoms with E-state index in [1.807, 2.05) is 19.9 Å².